The lowest BCUT2D eigenvalue weighted by Gasteiger charge is -2.10. The number of anilines is 1. The summed E-state index contributed by atoms with van der Waals surface area (Å²) in [6.45, 7) is 0. The van der Waals surface area contributed by atoms with Gasteiger partial charge in [-0.25, -0.2) is 4.98 Å². The number of rotatable bonds is 6. The van der Waals surface area contributed by atoms with E-state index in [2.05, 4.69) is 10.3 Å². The molecule has 0 fully saturated rings. The van der Waals surface area contributed by atoms with Gasteiger partial charge in [0.05, 0.1) is 18.4 Å². The Hall–Kier alpha value is -4.29. The number of ether oxygens (including phenoxy) is 1. The molecule has 0 atom stereocenters. The van der Waals surface area contributed by atoms with Crippen molar-refractivity contribution in [2.75, 3.05) is 12.4 Å². The maximum atomic E-state index is 13.3. The lowest BCUT2D eigenvalue weighted by atomic mass is 10.1. The maximum Gasteiger partial charge on any atom is 0.261 e. The topological polar surface area (TPSA) is 68.3 Å². The highest BCUT2D eigenvalue weighted by atomic mass is 32.1. The minimum atomic E-state index is -0.352. The second-order valence-electron chi connectivity index (χ2n) is 7.61. The number of amides is 1. The van der Waals surface area contributed by atoms with Gasteiger partial charge in [-0.05, 0) is 22.9 Å². The van der Waals surface area contributed by atoms with E-state index >= 15 is 0 Å². The third-order valence-corrected chi connectivity index (χ3v) is 6.42. The van der Waals surface area contributed by atoms with Crippen molar-refractivity contribution in [2.45, 2.75) is 0 Å². The predicted molar refractivity (Wildman–Crippen MR) is 136 cm³/mol. The van der Waals surface area contributed by atoms with Gasteiger partial charge in [-0.1, -0.05) is 96.3 Å². The largest absolute Gasteiger partial charge is 0.496 e. The Morgan fingerprint density at radius 2 is 1.44 bits per heavy atom. The highest BCUT2D eigenvalue weighted by Crippen LogP contribution is 2.34. The van der Waals surface area contributed by atoms with E-state index in [4.69, 9.17) is 4.74 Å². The van der Waals surface area contributed by atoms with Crippen LogP contribution in [0.3, 0.4) is 0 Å². The summed E-state index contributed by atoms with van der Waals surface area (Å²) in [7, 11) is 1.54. The minimum Gasteiger partial charge on any atom is -0.496 e. The fraction of sp³-hybridized carbons (Fsp3) is 0.0357. The van der Waals surface area contributed by atoms with Gasteiger partial charge in [0, 0.05) is 11.1 Å². The smallest absolute Gasteiger partial charge is 0.261 e. The fourth-order valence-electron chi connectivity index (χ4n) is 3.77. The van der Waals surface area contributed by atoms with Crippen LogP contribution in [0.4, 0.5) is 5.13 Å². The van der Waals surface area contributed by atoms with Gasteiger partial charge in [0.1, 0.15) is 10.6 Å². The summed E-state index contributed by atoms with van der Waals surface area (Å²) in [6.07, 6.45) is 0. The first kappa shape index (κ1) is 21.6. The Labute approximate surface area is 200 Å². The number of methoxy groups -OCH3 is 1. The Kier molecular flexibility index (Phi) is 5.89. The SMILES string of the molecule is COc1cc2ccccc2cc1C(=O)Nc1nc(-c2ccccc2)c(C(=O)c2ccccc2)s1. The van der Waals surface area contributed by atoms with Crippen molar-refractivity contribution < 1.29 is 14.3 Å². The molecule has 5 rings (SSSR count). The van der Waals surface area contributed by atoms with Crippen LogP contribution in [0.1, 0.15) is 25.6 Å². The Bertz CT molecular complexity index is 1490. The van der Waals surface area contributed by atoms with Crippen molar-refractivity contribution in [3.8, 4) is 17.0 Å². The van der Waals surface area contributed by atoms with E-state index < -0.39 is 0 Å². The normalized spacial score (nSPS) is 10.7. The number of carbonyl (C=O) groups excluding carboxylic acids is 2. The van der Waals surface area contributed by atoms with E-state index in [1.165, 1.54) is 7.11 Å². The number of benzene rings is 4. The molecule has 0 aliphatic heterocycles. The molecule has 34 heavy (non-hydrogen) atoms. The Morgan fingerprint density at radius 3 is 2.12 bits per heavy atom. The van der Waals surface area contributed by atoms with Crippen molar-refractivity contribution in [3.63, 3.8) is 0 Å². The zero-order valence-electron chi connectivity index (χ0n) is 18.3. The third kappa shape index (κ3) is 4.19. The van der Waals surface area contributed by atoms with Crippen LogP contribution in [0.25, 0.3) is 22.0 Å². The van der Waals surface area contributed by atoms with Gasteiger partial charge in [-0.3, -0.25) is 14.9 Å². The number of thiazole rings is 1. The summed E-state index contributed by atoms with van der Waals surface area (Å²) in [4.78, 5) is 31.6. The van der Waals surface area contributed by atoms with Gasteiger partial charge in [0.15, 0.2) is 5.13 Å². The average molecular weight is 465 g/mol. The molecule has 0 spiro atoms. The molecule has 1 N–H and O–H groups in total. The number of nitrogens with zero attached hydrogens (tertiary/aromatic N) is 1. The number of ketones is 1. The first-order valence-electron chi connectivity index (χ1n) is 10.7. The summed E-state index contributed by atoms with van der Waals surface area (Å²) in [5, 5.41) is 5.12. The minimum absolute atomic E-state index is 0.138. The summed E-state index contributed by atoms with van der Waals surface area (Å²) < 4.78 is 5.47. The number of hydrogen-bond donors (Lipinski definition) is 1. The molecule has 0 radical (unpaired) electrons. The van der Waals surface area contributed by atoms with E-state index in [0.29, 0.717) is 32.6 Å². The highest BCUT2D eigenvalue weighted by molar-refractivity contribution is 7.18. The van der Waals surface area contributed by atoms with Crippen LogP contribution in [0.15, 0.2) is 97.1 Å². The molecule has 5 nitrogen and oxygen atoms in total. The first-order valence-corrected chi connectivity index (χ1v) is 11.5. The average Bonchev–Trinajstić information content (AvgIpc) is 3.32. The predicted octanol–water partition coefficient (Wildman–Crippen LogP) is 6.46. The van der Waals surface area contributed by atoms with Crippen LogP contribution in [0.2, 0.25) is 0 Å². The number of carbonyl (C=O) groups is 2. The number of hydrogen-bond acceptors (Lipinski definition) is 5. The van der Waals surface area contributed by atoms with Crippen LogP contribution >= 0.6 is 11.3 Å². The van der Waals surface area contributed by atoms with E-state index in [1.807, 2.05) is 78.9 Å². The van der Waals surface area contributed by atoms with Crippen LogP contribution in [0.5, 0.6) is 5.75 Å². The zero-order chi connectivity index (χ0) is 23.5. The summed E-state index contributed by atoms with van der Waals surface area (Å²) in [6, 6.07) is 30.0. The molecule has 0 saturated heterocycles. The van der Waals surface area contributed by atoms with E-state index in [0.717, 1.165) is 27.7 Å². The molecule has 0 unspecified atom stereocenters. The number of aromatic nitrogens is 1. The molecule has 1 amide bonds. The van der Waals surface area contributed by atoms with E-state index in [-0.39, 0.29) is 11.7 Å². The van der Waals surface area contributed by atoms with Crippen LogP contribution in [-0.2, 0) is 0 Å². The quantitative estimate of drug-likeness (QED) is 0.293. The molecule has 0 bridgehead atoms. The van der Waals surface area contributed by atoms with E-state index in [1.54, 1.807) is 18.2 Å². The fourth-order valence-corrected chi connectivity index (χ4v) is 4.71. The molecule has 1 aromatic heterocycles. The van der Waals surface area contributed by atoms with Crippen molar-refractivity contribution in [1.82, 2.24) is 4.98 Å². The standard InChI is InChI=1S/C28H20N2O3S/c1-33-23-17-21-15-9-8-14-20(21)16-22(23)27(32)30-28-29-24(18-10-4-2-5-11-18)26(34-28)25(31)19-12-6-3-7-13-19/h2-17H,1H3,(H,29,30,32). The summed E-state index contributed by atoms with van der Waals surface area (Å²) in [5.74, 6) is -0.0213. The number of nitrogens with one attached hydrogen (secondary N) is 1. The van der Waals surface area contributed by atoms with Crippen molar-refractivity contribution in [2.24, 2.45) is 0 Å². The summed E-state index contributed by atoms with van der Waals surface area (Å²) >= 11 is 1.16. The molecule has 5 aromatic rings. The van der Waals surface area contributed by atoms with Crippen LogP contribution < -0.4 is 10.1 Å². The molecule has 166 valence electrons. The zero-order valence-corrected chi connectivity index (χ0v) is 19.1. The van der Waals surface area contributed by atoms with Gasteiger partial charge < -0.3 is 4.74 Å². The van der Waals surface area contributed by atoms with Gasteiger partial charge in [0.25, 0.3) is 5.91 Å². The monoisotopic (exact) mass is 464 g/mol. The lowest BCUT2D eigenvalue weighted by Crippen LogP contribution is -2.13. The molecule has 0 saturated carbocycles. The van der Waals surface area contributed by atoms with Crippen molar-refractivity contribution in [1.29, 1.82) is 0 Å². The van der Waals surface area contributed by atoms with Gasteiger partial charge >= 0.3 is 0 Å². The second kappa shape index (κ2) is 9.29. The van der Waals surface area contributed by atoms with Crippen molar-refractivity contribution >= 4 is 38.9 Å². The molecule has 1 heterocycles. The van der Waals surface area contributed by atoms with Gasteiger partial charge in [-0.15, -0.1) is 0 Å². The lowest BCUT2D eigenvalue weighted by molar-refractivity contribution is 0.102. The molecule has 6 heteroatoms. The molecule has 0 aliphatic rings. The first-order chi connectivity index (χ1) is 16.6. The molecular weight excluding hydrogens is 444 g/mol. The Morgan fingerprint density at radius 1 is 0.824 bits per heavy atom. The van der Waals surface area contributed by atoms with Crippen molar-refractivity contribution in [3.05, 3.63) is 113 Å². The third-order valence-electron chi connectivity index (χ3n) is 5.45. The van der Waals surface area contributed by atoms with Gasteiger partial charge in [0.2, 0.25) is 5.78 Å². The van der Waals surface area contributed by atoms with Crippen LogP contribution in [-0.4, -0.2) is 23.8 Å². The Balaban J connectivity index is 1.53. The van der Waals surface area contributed by atoms with Gasteiger partial charge in [-0.2, -0.15) is 0 Å². The second-order valence-corrected chi connectivity index (χ2v) is 8.61. The molecule has 4 aromatic carbocycles. The molecule has 0 aliphatic carbocycles. The molecular formula is C28H20N2O3S. The van der Waals surface area contributed by atoms with Crippen LogP contribution in [0, 0.1) is 0 Å². The highest BCUT2D eigenvalue weighted by Gasteiger charge is 2.23. The number of fused-ring (bicyclic) bond motifs is 1. The van der Waals surface area contributed by atoms with E-state index in [9.17, 15) is 9.59 Å². The summed E-state index contributed by atoms with van der Waals surface area (Å²) in [5.41, 5.74) is 2.31. The maximum absolute atomic E-state index is 13.3.